The molecule has 0 radical (unpaired) electrons. The molecule has 0 spiro atoms. The highest BCUT2D eigenvalue weighted by molar-refractivity contribution is 8.00. The lowest BCUT2D eigenvalue weighted by Crippen LogP contribution is -2.48. The van der Waals surface area contributed by atoms with Gasteiger partial charge in [0.25, 0.3) is 0 Å². The van der Waals surface area contributed by atoms with Gasteiger partial charge in [-0.1, -0.05) is 19.9 Å². The molecule has 2 rings (SSSR count). The average molecular weight is 381 g/mol. The zero-order valence-electron chi connectivity index (χ0n) is 16.3. The number of thioether (sulfide) groups is 1. The van der Waals surface area contributed by atoms with Gasteiger partial charge in [-0.15, -0.1) is 11.8 Å². The molecular formula is C19H28N2O4S. The molecule has 1 aliphatic rings. The van der Waals surface area contributed by atoms with E-state index >= 15 is 0 Å². The molecule has 0 saturated carbocycles. The zero-order valence-corrected chi connectivity index (χ0v) is 17.1. The van der Waals surface area contributed by atoms with Crippen LogP contribution < -0.4 is 9.47 Å². The first kappa shape index (κ1) is 20.4. The maximum Gasteiger partial charge on any atom is 0.244 e. The molecule has 0 aliphatic carbocycles. The lowest BCUT2D eigenvalue weighted by atomic mass is 10.00. The molecule has 0 aromatic heterocycles. The maximum atomic E-state index is 12.8. The number of ether oxygens (including phenoxy) is 2. The fourth-order valence-electron chi connectivity index (χ4n) is 3.11. The summed E-state index contributed by atoms with van der Waals surface area (Å²) in [4.78, 5) is 28.8. The van der Waals surface area contributed by atoms with Crippen LogP contribution in [-0.4, -0.2) is 61.7 Å². The van der Waals surface area contributed by atoms with Crippen LogP contribution in [0.5, 0.6) is 11.5 Å². The lowest BCUT2D eigenvalue weighted by molar-refractivity contribution is -0.143. The number of amides is 2. The summed E-state index contributed by atoms with van der Waals surface area (Å²) in [5, 5.41) is -0.213. The molecule has 0 unspecified atom stereocenters. The summed E-state index contributed by atoms with van der Waals surface area (Å²) in [6, 6.07) is 5.18. The van der Waals surface area contributed by atoms with Crippen LogP contribution in [0, 0.1) is 5.92 Å². The highest BCUT2D eigenvalue weighted by atomic mass is 32.2. The van der Waals surface area contributed by atoms with Gasteiger partial charge < -0.3 is 19.3 Å². The second-order valence-corrected chi connectivity index (χ2v) is 8.03. The van der Waals surface area contributed by atoms with Crippen LogP contribution >= 0.6 is 11.8 Å². The zero-order chi connectivity index (χ0) is 19.4. The summed E-state index contributed by atoms with van der Waals surface area (Å²) in [5.41, 5.74) is 0.929. The number of rotatable bonds is 7. The molecule has 144 valence electrons. The molecule has 1 fully saturated rings. The first-order valence-corrected chi connectivity index (χ1v) is 9.70. The van der Waals surface area contributed by atoms with Crippen LogP contribution in [0.4, 0.5) is 0 Å². The standard InChI is InChI=1S/C19H28N2O4S/c1-12(2)9-14(18(23)20(3)4)21-17(22)11-26-19(21)13-7-8-15(24-5)16(10-13)25-6/h7-8,10,12,14,19H,9,11H2,1-6H3/t14-,19-/m0/s1. The molecule has 6 nitrogen and oxygen atoms in total. The molecule has 1 heterocycles. The van der Waals surface area contributed by atoms with E-state index in [1.54, 1.807) is 38.1 Å². The van der Waals surface area contributed by atoms with E-state index in [-0.39, 0.29) is 17.2 Å². The van der Waals surface area contributed by atoms with E-state index in [9.17, 15) is 9.59 Å². The van der Waals surface area contributed by atoms with E-state index in [0.29, 0.717) is 29.6 Å². The van der Waals surface area contributed by atoms with Crippen molar-refractivity contribution in [3.8, 4) is 11.5 Å². The van der Waals surface area contributed by atoms with E-state index in [1.807, 2.05) is 18.2 Å². The third kappa shape index (κ3) is 4.26. The molecular weight excluding hydrogens is 352 g/mol. The van der Waals surface area contributed by atoms with Crippen LogP contribution in [0.2, 0.25) is 0 Å². The Morgan fingerprint density at radius 3 is 2.46 bits per heavy atom. The largest absolute Gasteiger partial charge is 0.493 e. The van der Waals surface area contributed by atoms with Crippen molar-refractivity contribution in [1.29, 1.82) is 0 Å². The van der Waals surface area contributed by atoms with E-state index < -0.39 is 6.04 Å². The van der Waals surface area contributed by atoms with Crippen molar-refractivity contribution in [3.63, 3.8) is 0 Å². The number of likely N-dealkylation sites (N-methyl/N-ethyl adjacent to an activating group) is 1. The summed E-state index contributed by atoms with van der Waals surface area (Å²) >= 11 is 1.54. The van der Waals surface area contributed by atoms with Crippen molar-refractivity contribution >= 4 is 23.6 Å². The van der Waals surface area contributed by atoms with Gasteiger partial charge >= 0.3 is 0 Å². The van der Waals surface area contributed by atoms with Crippen molar-refractivity contribution in [2.75, 3.05) is 34.1 Å². The maximum absolute atomic E-state index is 12.8. The van der Waals surface area contributed by atoms with Crippen LogP contribution in [0.15, 0.2) is 18.2 Å². The Bertz CT molecular complexity index is 663. The van der Waals surface area contributed by atoms with E-state index in [0.717, 1.165) is 5.56 Å². The fraction of sp³-hybridized carbons (Fsp3) is 0.579. The molecule has 2 amide bonds. The molecule has 2 atom stereocenters. The summed E-state index contributed by atoms with van der Waals surface area (Å²) in [7, 11) is 6.64. The third-order valence-corrected chi connectivity index (χ3v) is 5.58. The Labute approximate surface area is 159 Å². The first-order valence-electron chi connectivity index (χ1n) is 8.66. The lowest BCUT2D eigenvalue weighted by Gasteiger charge is -2.34. The van der Waals surface area contributed by atoms with Gasteiger partial charge in [-0.3, -0.25) is 9.59 Å². The molecule has 0 N–H and O–H groups in total. The summed E-state index contributed by atoms with van der Waals surface area (Å²) in [6.07, 6.45) is 0.632. The van der Waals surface area contributed by atoms with Crippen LogP contribution in [-0.2, 0) is 9.59 Å². The van der Waals surface area contributed by atoms with Crippen molar-refractivity contribution in [2.24, 2.45) is 5.92 Å². The van der Waals surface area contributed by atoms with Crippen molar-refractivity contribution in [1.82, 2.24) is 9.80 Å². The first-order chi connectivity index (χ1) is 12.3. The monoisotopic (exact) mass is 380 g/mol. The van der Waals surface area contributed by atoms with Gasteiger partial charge in [0.15, 0.2) is 11.5 Å². The average Bonchev–Trinajstić information content (AvgIpc) is 2.99. The number of nitrogens with zero attached hydrogens (tertiary/aromatic N) is 2. The number of carbonyl (C=O) groups is 2. The molecule has 1 aromatic carbocycles. The van der Waals surface area contributed by atoms with Gasteiger partial charge in [-0.2, -0.15) is 0 Å². The second kappa shape index (κ2) is 8.66. The van der Waals surface area contributed by atoms with E-state index in [1.165, 1.54) is 11.8 Å². The SMILES string of the molecule is COc1ccc([C@@H]2SCC(=O)N2[C@@H](CC(C)C)C(=O)N(C)C)cc1OC. The van der Waals surface area contributed by atoms with Crippen LogP contribution in [0.3, 0.4) is 0 Å². The highest BCUT2D eigenvalue weighted by Crippen LogP contribution is 2.43. The molecule has 7 heteroatoms. The Hall–Kier alpha value is -1.89. The number of hydrogen-bond acceptors (Lipinski definition) is 5. The quantitative estimate of drug-likeness (QED) is 0.728. The minimum Gasteiger partial charge on any atom is -0.493 e. The van der Waals surface area contributed by atoms with Crippen molar-refractivity contribution in [3.05, 3.63) is 23.8 Å². The van der Waals surface area contributed by atoms with Gasteiger partial charge in [-0.05, 0) is 30.0 Å². The van der Waals surface area contributed by atoms with Gasteiger partial charge in [-0.25, -0.2) is 0 Å². The second-order valence-electron chi connectivity index (χ2n) is 6.96. The van der Waals surface area contributed by atoms with Crippen LogP contribution in [0.1, 0.15) is 31.2 Å². The summed E-state index contributed by atoms with van der Waals surface area (Å²) in [5.74, 6) is 1.88. The van der Waals surface area contributed by atoms with Crippen molar-refractivity contribution in [2.45, 2.75) is 31.7 Å². The number of carbonyl (C=O) groups excluding carboxylic acids is 2. The highest BCUT2D eigenvalue weighted by Gasteiger charge is 2.41. The minimum atomic E-state index is -0.467. The molecule has 1 saturated heterocycles. The number of hydrogen-bond donors (Lipinski definition) is 0. The van der Waals surface area contributed by atoms with E-state index in [2.05, 4.69) is 13.8 Å². The Morgan fingerprint density at radius 1 is 1.27 bits per heavy atom. The topological polar surface area (TPSA) is 59.1 Å². The summed E-state index contributed by atoms with van der Waals surface area (Å²) in [6.45, 7) is 4.13. The fourth-order valence-corrected chi connectivity index (χ4v) is 4.33. The van der Waals surface area contributed by atoms with Crippen molar-refractivity contribution < 1.29 is 19.1 Å². The van der Waals surface area contributed by atoms with Gasteiger partial charge in [0.1, 0.15) is 11.4 Å². The predicted octanol–water partition coefficient (Wildman–Crippen LogP) is 2.78. The van der Waals surface area contributed by atoms with Gasteiger partial charge in [0.05, 0.1) is 20.0 Å². The van der Waals surface area contributed by atoms with Gasteiger partial charge in [0, 0.05) is 14.1 Å². The Morgan fingerprint density at radius 2 is 1.92 bits per heavy atom. The molecule has 26 heavy (non-hydrogen) atoms. The predicted molar refractivity (Wildman–Crippen MR) is 104 cm³/mol. The summed E-state index contributed by atoms with van der Waals surface area (Å²) < 4.78 is 10.7. The third-order valence-electron chi connectivity index (χ3n) is 4.35. The molecule has 1 aromatic rings. The number of methoxy groups -OCH3 is 2. The van der Waals surface area contributed by atoms with Crippen LogP contribution in [0.25, 0.3) is 0 Å². The number of benzene rings is 1. The Balaban J connectivity index is 2.41. The Kier molecular flexibility index (Phi) is 6.81. The smallest absolute Gasteiger partial charge is 0.244 e. The van der Waals surface area contributed by atoms with Gasteiger partial charge in [0.2, 0.25) is 11.8 Å². The molecule has 0 bridgehead atoms. The minimum absolute atomic E-state index is 0.00404. The van der Waals surface area contributed by atoms with E-state index in [4.69, 9.17) is 9.47 Å². The molecule has 1 aliphatic heterocycles. The normalized spacial score (nSPS) is 18.2.